The summed E-state index contributed by atoms with van der Waals surface area (Å²) in [7, 11) is 8.46. The van der Waals surface area contributed by atoms with Crippen LogP contribution in [0.5, 0.6) is 0 Å². The fourth-order valence-corrected chi connectivity index (χ4v) is 2.03. The van der Waals surface area contributed by atoms with Crippen LogP contribution in [-0.4, -0.2) is 68.2 Å². The van der Waals surface area contributed by atoms with Gasteiger partial charge in [0.15, 0.2) is 0 Å². The van der Waals surface area contributed by atoms with Crippen molar-refractivity contribution in [2.24, 2.45) is 9.98 Å². The molecule has 132 valence electrons. The van der Waals surface area contributed by atoms with Crippen LogP contribution in [0, 0.1) is 0 Å². The summed E-state index contributed by atoms with van der Waals surface area (Å²) in [5.74, 6) is 0. The molecule has 0 aliphatic rings. The second kappa shape index (κ2) is 13.1. The van der Waals surface area contributed by atoms with Crippen molar-refractivity contribution in [3.63, 3.8) is 0 Å². The Bertz CT molecular complexity index is 297. The van der Waals surface area contributed by atoms with Crippen LogP contribution >= 0.6 is 12.4 Å². The lowest BCUT2D eigenvalue weighted by atomic mass is 10.1. The summed E-state index contributed by atoms with van der Waals surface area (Å²) in [5.41, 5.74) is 0. The molecule has 0 N–H and O–H groups in total. The Hall–Kier alpha value is -0.410. The Labute approximate surface area is 144 Å². The van der Waals surface area contributed by atoms with Gasteiger partial charge in [-0.15, -0.1) is 12.4 Å². The maximum atomic E-state index is 4.55. The summed E-state index contributed by atoms with van der Waals surface area (Å²) in [6.45, 7) is 8.85. The normalized spacial score (nSPS) is 16.5. The molecule has 0 spiro atoms. The molecule has 22 heavy (non-hydrogen) atoms. The van der Waals surface area contributed by atoms with Gasteiger partial charge in [0.2, 0.25) is 0 Å². The van der Waals surface area contributed by atoms with Crippen LogP contribution in [0.25, 0.3) is 0 Å². The van der Waals surface area contributed by atoms with Gasteiger partial charge < -0.3 is 9.80 Å². The van der Waals surface area contributed by atoms with Gasteiger partial charge in [0.05, 0.1) is 18.1 Å². The highest BCUT2D eigenvalue weighted by molar-refractivity contribution is 5.85. The van der Waals surface area contributed by atoms with Crippen molar-refractivity contribution < 1.29 is 0 Å². The third-order valence-corrected chi connectivity index (χ3v) is 4.41. The van der Waals surface area contributed by atoms with Gasteiger partial charge in [-0.1, -0.05) is 13.8 Å². The highest BCUT2D eigenvalue weighted by Gasteiger charge is 2.13. The number of nitrogens with zero attached hydrogens (tertiary/aromatic N) is 4. The van der Waals surface area contributed by atoms with E-state index in [1.165, 1.54) is 0 Å². The minimum atomic E-state index is 0. The second-order valence-electron chi connectivity index (χ2n) is 6.58. The standard InChI is InChI=1S/C17H36N4.ClH/c1-9-16(11-14(3)20(5)6)18-13-19-17(10-2)12-15(4)21(7)8;/h14-17H,9-12H2,1-8H3;1H. The van der Waals surface area contributed by atoms with Crippen LogP contribution in [0.1, 0.15) is 53.4 Å². The van der Waals surface area contributed by atoms with Gasteiger partial charge in [-0.3, -0.25) is 0 Å². The quantitative estimate of drug-likeness (QED) is 0.569. The number of rotatable bonds is 10. The summed E-state index contributed by atoms with van der Waals surface area (Å²) >= 11 is 0. The predicted molar refractivity (Wildman–Crippen MR) is 101 cm³/mol. The van der Waals surface area contributed by atoms with Crippen LogP contribution in [0.15, 0.2) is 9.98 Å². The molecule has 0 fully saturated rings. The molecular weight excluding hydrogens is 296 g/mol. The number of hydrogen-bond acceptors (Lipinski definition) is 4. The van der Waals surface area contributed by atoms with Crippen LogP contribution in [0.4, 0.5) is 0 Å². The van der Waals surface area contributed by atoms with Crippen molar-refractivity contribution in [1.29, 1.82) is 0 Å². The van der Waals surface area contributed by atoms with Crippen molar-refractivity contribution in [1.82, 2.24) is 9.80 Å². The van der Waals surface area contributed by atoms with Crippen LogP contribution in [-0.2, 0) is 0 Å². The number of hydrogen-bond donors (Lipinski definition) is 0. The average Bonchev–Trinajstić information content (AvgIpc) is 2.44. The summed E-state index contributed by atoms with van der Waals surface area (Å²) in [5, 5.41) is 0. The SMILES string of the molecule is CCC(CC(C)N(C)C)N=C=NC(CC)CC(C)N(C)C.Cl. The molecule has 0 saturated carbocycles. The molecule has 0 rings (SSSR count). The smallest absolute Gasteiger partial charge is 0.0898 e. The van der Waals surface area contributed by atoms with Crippen LogP contribution in [0.2, 0.25) is 0 Å². The van der Waals surface area contributed by atoms with E-state index >= 15 is 0 Å². The summed E-state index contributed by atoms with van der Waals surface area (Å²) in [6, 6.07) is 4.72. The van der Waals surface area contributed by atoms with Crippen LogP contribution < -0.4 is 0 Å². The van der Waals surface area contributed by atoms with E-state index in [4.69, 9.17) is 0 Å². The third kappa shape index (κ3) is 10.3. The average molecular weight is 333 g/mol. The molecule has 0 aliphatic carbocycles. The van der Waals surface area contributed by atoms with E-state index in [1.807, 2.05) is 0 Å². The molecule has 0 saturated heterocycles. The molecule has 0 bridgehead atoms. The van der Waals surface area contributed by atoms with E-state index in [1.54, 1.807) is 0 Å². The maximum Gasteiger partial charge on any atom is 0.0898 e. The number of aliphatic imine (C=N–C) groups is 2. The second-order valence-corrected chi connectivity index (χ2v) is 6.58. The monoisotopic (exact) mass is 332 g/mol. The Morgan fingerprint density at radius 2 is 1.09 bits per heavy atom. The Balaban J connectivity index is 0. The van der Waals surface area contributed by atoms with E-state index in [0.29, 0.717) is 24.2 Å². The maximum absolute atomic E-state index is 4.55. The summed E-state index contributed by atoms with van der Waals surface area (Å²) in [6.07, 6.45) is 4.23. The molecule has 0 aromatic carbocycles. The molecule has 0 amide bonds. The van der Waals surface area contributed by atoms with Gasteiger partial charge in [0.1, 0.15) is 0 Å². The van der Waals surface area contributed by atoms with Gasteiger partial charge in [0.25, 0.3) is 0 Å². The molecule has 5 heteroatoms. The van der Waals surface area contributed by atoms with E-state index in [0.717, 1.165) is 25.7 Å². The lowest BCUT2D eigenvalue weighted by Crippen LogP contribution is -2.28. The lowest BCUT2D eigenvalue weighted by Gasteiger charge is -2.22. The molecule has 0 heterocycles. The first kappa shape index (κ1) is 23.9. The van der Waals surface area contributed by atoms with Crippen molar-refractivity contribution in [3.05, 3.63) is 0 Å². The highest BCUT2D eigenvalue weighted by Crippen LogP contribution is 2.11. The highest BCUT2D eigenvalue weighted by atomic mass is 35.5. The van der Waals surface area contributed by atoms with Gasteiger partial charge in [-0.05, 0) is 67.7 Å². The van der Waals surface area contributed by atoms with Gasteiger partial charge in [-0.25, -0.2) is 9.98 Å². The zero-order valence-corrected chi connectivity index (χ0v) is 16.7. The molecule has 0 aromatic heterocycles. The molecular formula is C17H37ClN4. The van der Waals surface area contributed by atoms with Gasteiger partial charge >= 0.3 is 0 Å². The Morgan fingerprint density at radius 1 is 0.773 bits per heavy atom. The first-order valence-electron chi connectivity index (χ1n) is 8.29. The first-order valence-corrected chi connectivity index (χ1v) is 8.29. The molecule has 0 aromatic rings. The molecule has 4 nitrogen and oxygen atoms in total. The van der Waals surface area contributed by atoms with Crippen LogP contribution in [0.3, 0.4) is 0 Å². The van der Waals surface area contributed by atoms with Gasteiger partial charge in [-0.2, -0.15) is 0 Å². The predicted octanol–water partition coefficient (Wildman–Crippen LogP) is 3.82. The van der Waals surface area contributed by atoms with Crippen molar-refractivity contribution >= 4 is 18.4 Å². The van der Waals surface area contributed by atoms with Crippen molar-refractivity contribution in [2.75, 3.05) is 28.2 Å². The Morgan fingerprint density at radius 3 is 1.32 bits per heavy atom. The van der Waals surface area contributed by atoms with Crippen molar-refractivity contribution in [3.8, 4) is 0 Å². The van der Waals surface area contributed by atoms with E-state index in [-0.39, 0.29) is 12.4 Å². The van der Waals surface area contributed by atoms with E-state index in [9.17, 15) is 0 Å². The largest absolute Gasteiger partial charge is 0.307 e. The molecule has 0 radical (unpaired) electrons. The molecule has 4 unspecified atom stereocenters. The fourth-order valence-electron chi connectivity index (χ4n) is 2.03. The third-order valence-electron chi connectivity index (χ3n) is 4.41. The van der Waals surface area contributed by atoms with E-state index < -0.39 is 0 Å². The van der Waals surface area contributed by atoms with E-state index in [2.05, 4.69) is 81.7 Å². The minimum absolute atomic E-state index is 0. The topological polar surface area (TPSA) is 31.2 Å². The minimum Gasteiger partial charge on any atom is -0.307 e. The molecule has 0 aliphatic heterocycles. The zero-order chi connectivity index (χ0) is 16.4. The number of halogens is 1. The van der Waals surface area contributed by atoms with Crippen molar-refractivity contribution in [2.45, 2.75) is 77.5 Å². The summed E-state index contributed by atoms with van der Waals surface area (Å²) < 4.78 is 0. The summed E-state index contributed by atoms with van der Waals surface area (Å²) in [4.78, 5) is 13.6. The fraction of sp³-hybridized carbons (Fsp3) is 0.941. The lowest BCUT2D eigenvalue weighted by molar-refractivity contribution is 0.281. The Kier molecular flexibility index (Phi) is 14.2. The zero-order valence-electron chi connectivity index (χ0n) is 15.8. The van der Waals surface area contributed by atoms with Gasteiger partial charge in [0, 0.05) is 12.1 Å². The molecule has 4 atom stereocenters. The first-order chi connectivity index (χ1) is 9.81.